The Labute approximate surface area is 113 Å². The van der Waals surface area contributed by atoms with Crippen molar-refractivity contribution in [2.45, 2.75) is 51.0 Å². The van der Waals surface area contributed by atoms with E-state index in [4.69, 9.17) is 9.84 Å². The maximum absolute atomic E-state index is 12.0. The first-order valence-corrected chi connectivity index (χ1v) is 7.29. The van der Waals surface area contributed by atoms with E-state index in [0.717, 1.165) is 18.8 Å². The molecular formula is C14H23NO4. The van der Waals surface area contributed by atoms with Crippen LogP contribution in [0.3, 0.4) is 0 Å². The van der Waals surface area contributed by atoms with E-state index >= 15 is 0 Å². The van der Waals surface area contributed by atoms with E-state index < -0.39 is 12.1 Å². The molecule has 2 fully saturated rings. The molecule has 19 heavy (non-hydrogen) atoms. The third-order valence-corrected chi connectivity index (χ3v) is 4.17. The Bertz CT molecular complexity index is 325. The van der Waals surface area contributed by atoms with Crippen molar-refractivity contribution in [2.24, 2.45) is 5.92 Å². The van der Waals surface area contributed by atoms with Gasteiger partial charge in [-0.3, -0.25) is 4.79 Å². The first-order valence-electron chi connectivity index (χ1n) is 7.29. The van der Waals surface area contributed by atoms with Gasteiger partial charge in [0, 0.05) is 13.0 Å². The van der Waals surface area contributed by atoms with Crippen molar-refractivity contribution in [3.63, 3.8) is 0 Å². The number of ether oxygens (including phenoxy) is 1. The highest BCUT2D eigenvalue weighted by atomic mass is 16.5. The van der Waals surface area contributed by atoms with Crippen molar-refractivity contribution in [2.75, 3.05) is 19.7 Å². The Hall–Kier alpha value is -1.10. The quantitative estimate of drug-likeness (QED) is 0.824. The molecule has 1 aliphatic heterocycles. The third kappa shape index (κ3) is 4.20. The van der Waals surface area contributed by atoms with E-state index in [1.165, 1.54) is 25.7 Å². The number of carboxylic acid groups (broad SMARTS) is 1. The Balaban J connectivity index is 1.68. The van der Waals surface area contributed by atoms with Gasteiger partial charge in [-0.15, -0.1) is 0 Å². The van der Waals surface area contributed by atoms with E-state index in [-0.39, 0.29) is 12.5 Å². The van der Waals surface area contributed by atoms with Gasteiger partial charge in [0.25, 0.3) is 0 Å². The van der Waals surface area contributed by atoms with Crippen LogP contribution in [0.1, 0.15) is 44.9 Å². The molecule has 1 saturated carbocycles. The molecule has 0 aromatic heterocycles. The summed E-state index contributed by atoms with van der Waals surface area (Å²) in [6.07, 6.45) is 7.05. The molecular weight excluding hydrogens is 246 g/mol. The summed E-state index contributed by atoms with van der Waals surface area (Å²) < 4.78 is 5.11. The normalized spacial score (nSPS) is 24.6. The van der Waals surface area contributed by atoms with E-state index in [9.17, 15) is 9.59 Å². The number of morpholine rings is 1. The molecule has 1 N–H and O–H groups in total. The van der Waals surface area contributed by atoms with Gasteiger partial charge in [-0.1, -0.05) is 25.7 Å². The number of carbonyl (C=O) groups excluding carboxylic acids is 1. The number of hydrogen-bond acceptors (Lipinski definition) is 3. The van der Waals surface area contributed by atoms with Crippen LogP contribution in [0.15, 0.2) is 0 Å². The maximum atomic E-state index is 12.0. The Morgan fingerprint density at radius 3 is 2.68 bits per heavy atom. The number of carboxylic acids is 1. The summed E-state index contributed by atoms with van der Waals surface area (Å²) in [5.41, 5.74) is 0. The lowest BCUT2D eigenvalue weighted by atomic mass is 10.0. The van der Waals surface area contributed by atoms with Gasteiger partial charge in [0.15, 0.2) is 6.10 Å². The fourth-order valence-electron chi connectivity index (χ4n) is 3.02. The summed E-state index contributed by atoms with van der Waals surface area (Å²) in [6, 6.07) is 0. The lowest BCUT2D eigenvalue weighted by Gasteiger charge is -2.31. The molecule has 5 nitrogen and oxygen atoms in total. The van der Waals surface area contributed by atoms with Gasteiger partial charge in [0.05, 0.1) is 13.2 Å². The van der Waals surface area contributed by atoms with Crippen LogP contribution < -0.4 is 0 Å². The molecule has 1 aliphatic carbocycles. The third-order valence-electron chi connectivity index (χ3n) is 4.17. The van der Waals surface area contributed by atoms with Gasteiger partial charge < -0.3 is 14.7 Å². The largest absolute Gasteiger partial charge is 0.479 e. The molecule has 2 aliphatic rings. The molecule has 1 amide bonds. The molecule has 1 heterocycles. The first-order chi connectivity index (χ1) is 9.16. The summed E-state index contributed by atoms with van der Waals surface area (Å²) in [6.45, 7) is 1.04. The molecule has 0 bridgehead atoms. The zero-order chi connectivity index (χ0) is 13.7. The molecule has 108 valence electrons. The molecule has 0 aromatic rings. The van der Waals surface area contributed by atoms with Crippen molar-refractivity contribution in [1.29, 1.82) is 0 Å². The van der Waals surface area contributed by atoms with Crippen LogP contribution >= 0.6 is 0 Å². The van der Waals surface area contributed by atoms with Crippen molar-refractivity contribution < 1.29 is 19.4 Å². The first kappa shape index (κ1) is 14.3. The minimum Gasteiger partial charge on any atom is -0.479 e. The fourth-order valence-corrected chi connectivity index (χ4v) is 3.02. The van der Waals surface area contributed by atoms with Crippen LogP contribution in [0.2, 0.25) is 0 Å². The molecule has 5 heteroatoms. The summed E-state index contributed by atoms with van der Waals surface area (Å²) >= 11 is 0. The van der Waals surface area contributed by atoms with Crippen LogP contribution in [0, 0.1) is 5.92 Å². The zero-order valence-corrected chi connectivity index (χ0v) is 11.3. The Morgan fingerprint density at radius 2 is 2.00 bits per heavy atom. The number of amides is 1. The predicted molar refractivity (Wildman–Crippen MR) is 69.8 cm³/mol. The smallest absolute Gasteiger partial charge is 0.334 e. The fraction of sp³-hybridized carbons (Fsp3) is 0.857. The van der Waals surface area contributed by atoms with E-state index in [2.05, 4.69) is 0 Å². The number of carbonyl (C=O) groups is 2. The predicted octanol–water partition coefficient (Wildman–Crippen LogP) is 1.66. The number of nitrogens with zero attached hydrogens (tertiary/aromatic N) is 1. The molecule has 1 saturated heterocycles. The highest BCUT2D eigenvalue weighted by molar-refractivity contribution is 5.78. The standard InChI is InChI=1S/C14H23NO4/c16-13(7-3-6-11-4-1-2-5-11)15-8-9-19-12(10-15)14(17)18/h11-12H,1-10H2,(H,17,18)/t12-/m1/s1. The van der Waals surface area contributed by atoms with E-state index in [1.807, 2.05) is 0 Å². The molecule has 0 radical (unpaired) electrons. The molecule has 1 atom stereocenters. The number of hydrogen-bond donors (Lipinski definition) is 1. The number of rotatable bonds is 5. The maximum Gasteiger partial charge on any atom is 0.334 e. The van der Waals surface area contributed by atoms with Crippen LogP contribution in [0.25, 0.3) is 0 Å². The van der Waals surface area contributed by atoms with Crippen LogP contribution in [0.5, 0.6) is 0 Å². The molecule has 0 spiro atoms. The summed E-state index contributed by atoms with van der Waals surface area (Å²) in [5.74, 6) is -0.0970. The van der Waals surface area contributed by atoms with E-state index in [1.54, 1.807) is 4.90 Å². The van der Waals surface area contributed by atoms with Gasteiger partial charge in [0.2, 0.25) is 5.91 Å². The lowest BCUT2D eigenvalue weighted by molar-refractivity contribution is -0.159. The monoisotopic (exact) mass is 269 g/mol. The summed E-state index contributed by atoms with van der Waals surface area (Å²) in [7, 11) is 0. The van der Waals surface area contributed by atoms with Crippen LogP contribution in [0.4, 0.5) is 0 Å². The van der Waals surface area contributed by atoms with Crippen LogP contribution in [-0.4, -0.2) is 47.7 Å². The topological polar surface area (TPSA) is 66.8 Å². The van der Waals surface area contributed by atoms with E-state index in [0.29, 0.717) is 19.6 Å². The average molecular weight is 269 g/mol. The van der Waals surface area contributed by atoms with Gasteiger partial charge in [0.1, 0.15) is 0 Å². The van der Waals surface area contributed by atoms with Crippen molar-refractivity contribution in [3.05, 3.63) is 0 Å². The van der Waals surface area contributed by atoms with Crippen LogP contribution in [-0.2, 0) is 14.3 Å². The Kier molecular flexibility index (Phi) is 5.19. The minimum atomic E-state index is -0.983. The minimum absolute atomic E-state index is 0.0764. The van der Waals surface area contributed by atoms with Crippen molar-refractivity contribution >= 4 is 11.9 Å². The highest BCUT2D eigenvalue weighted by Gasteiger charge is 2.28. The van der Waals surface area contributed by atoms with Gasteiger partial charge in [-0.25, -0.2) is 4.79 Å². The second-order valence-corrected chi connectivity index (χ2v) is 5.58. The molecule has 0 aromatic carbocycles. The number of aliphatic carboxylic acids is 1. The lowest BCUT2D eigenvalue weighted by Crippen LogP contribution is -2.48. The average Bonchev–Trinajstić information content (AvgIpc) is 2.92. The highest BCUT2D eigenvalue weighted by Crippen LogP contribution is 2.29. The Morgan fingerprint density at radius 1 is 1.26 bits per heavy atom. The van der Waals surface area contributed by atoms with Gasteiger partial charge in [-0.05, 0) is 18.8 Å². The van der Waals surface area contributed by atoms with Crippen molar-refractivity contribution in [1.82, 2.24) is 4.90 Å². The van der Waals surface area contributed by atoms with Gasteiger partial charge >= 0.3 is 5.97 Å². The second-order valence-electron chi connectivity index (χ2n) is 5.58. The van der Waals surface area contributed by atoms with Gasteiger partial charge in [-0.2, -0.15) is 0 Å². The summed E-state index contributed by atoms with van der Waals surface area (Å²) in [4.78, 5) is 24.5. The second kappa shape index (κ2) is 6.89. The molecule has 2 rings (SSSR count). The SMILES string of the molecule is O=C(O)[C@H]1CN(C(=O)CCCC2CCCC2)CCO1. The molecule has 0 unspecified atom stereocenters. The van der Waals surface area contributed by atoms with Crippen molar-refractivity contribution in [3.8, 4) is 0 Å². The zero-order valence-electron chi connectivity index (χ0n) is 11.3. The summed E-state index contributed by atoms with van der Waals surface area (Å²) in [5, 5.41) is 8.89.